The number of carbonyl (C=O) groups is 1. The van der Waals surface area contributed by atoms with Crippen molar-refractivity contribution in [3.63, 3.8) is 0 Å². The average Bonchev–Trinajstić information content (AvgIpc) is 2.37. The number of carbonyl (C=O) groups excluding carboxylic acids is 1. The summed E-state index contributed by atoms with van der Waals surface area (Å²) in [7, 11) is 0. The van der Waals surface area contributed by atoms with Gasteiger partial charge in [-0.1, -0.05) is 6.92 Å². The van der Waals surface area contributed by atoms with Gasteiger partial charge >= 0.3 is 0 Å². The van der Waals surface area contributed by atoms with Gasteiger partial charge in [-0.25, -0.2) is 0 Å². The lowest BCUT2D eigenvalue weighted by Gasteiger charge is -2.43. The molecule has 1 unspecified atom stereocenters. The van der Waals surface area contributed by atoms with Crippen molar-refractivity contribution < 1.29 is 29.6 Å². The molecule has 20 heavy (non-hydrogen) atoms. The third-order valence-corrected chi connectivity index (χ3v) is 3.07. The summed E-state index contributed by atoms with van der Waals surface area (Å²) in [5.74, 6) is -0.264. The van der Waals surface area contributed by atoms with E-state index < -0.39 is 43.4 Å². The topological polar surface area (TPSA) is 108 Å². The summed E-state index contributed by atoms with van der Waals surface area (Å²) in [6.45, 7) is 6.73. The molecule has 1 saturated heterocycles. The van der Waals surface area contributed by atoms with Crippen molar-refractivity contribution in [3.8, 4) is 0 Å². The predicted molar refractivity (Wildman–Crippen MR) is 70.5 cm³/mol. The van der Waals surface area contributed by atoms with E-state index in [0.717, 1.165) is 0 Å². The van der Waals surface area contributed by atoms with Crippen LogP contribution in [-0.2, 0) is 14.3 Å². The minimum atomic E-state index is -1.36. The van der Waals surface area contributed by atoms with Crippen LogP contribution in [0, 0.1) is 6.92 Å². The number of ether oxygens (including phenoxy) is 2. The van der Waals surface area contributed by atoms with Crippen LogP contribution in [0.15, 0.2) is 0 Å². The van der Waals surface area contributed by atoms with Gasteiger partial charge in [0.25, 0.3) is 0 Å². The highest BCUT2D eigenvalue weighted by Gasteiger charge is 2.46. The molecule has 6 atom stereocenters. The minimum Gasteiger partial charge on any atom is -0.394 e. The molecule has 0 saturated carbocycles. The zero-order valence-electron chi connectivity index (χ0n) is 11.9. The molecule has 0 aromatic heterocycles. The maximum atomic E-state index is 11.7. The van der Waals surface area contributed by atoms with Crippen molar-refractivity contribution in [2.24, 2.45) is 0 Å². The van der Waals surface area contributed by atoms with Gasteiger partial charge in [0, 0.05) is 6.42 Å². The van der Waals surface area contributed by atoms with Crippen molar-refractivity contribution in [1.82, 2.24) is 5.32 Å². The normalized spacial score (nSPS) is 34.2. The van der Waals surface area contributed by atoms with Gasteiger partial charge in [0.15, 0.2) is 6.29 Å². The third-order valence-electron chi connectivity index (χ3n) is 3.07. The van der Waals surface area contributed by atoms with E-state index in [1.54, 1.807) is 6.92 Å². The number of amides is 1. The van der Waals surface area contributed by atoms with Gasteiger partial charge in [0.05, 0.1) is 12.7 Å². The van der Waals surface area contributed by atoms with Crippen molar-refractivity contribution >= 4 is 5.91 Å². The molecule has 7 nitrogen and oxygen atoms in total. The molecule has 1 amide bonds. The summed E-state index contributed by atoms with van der Waals surface area (Å²) < 4.78 is 10.6. The first-order valence-corrected chi connectivity index (χ1v) is 6.81. The highest BCUT2D eigenvalue weighted by molar-refractivity contribution is 5.76. The Morgan fingerprint density at radius 2 is 2.15 bits per heavy atom. The van der Waals surface area contributed by atoms with E-state index in [9.17, 15) is 15.0 Å². The van der Waals surface area contributed by atoms with E-state index in [-0.39, 0.29) is 5.91 Å². The van der Waals surface area contributed by atoms with Gasteiger partial charge in [-0.2, -0.15) is 0 Å². The van der Waals surface area contributed by atoms with Crippen molar-refractivity contribution in [3.05, 3.63) is 6.92 Å². The van der Waals surface area contributed by atoms with E-state index in [2.05, 4.69) is 12.2 Å². The van der Waals surface area contributed by atoms with E-state index in [1.165, 1.54) is 0 Å². The summed E-state index contributed by atoms with van der Waals surface area (Å²) in [6.07, 6.45) is -3.88. The third kappa shape index (κ3) is 4.39. The van der Waals surface area contributed by atoms with Crippen molar-refractivity contribution in [1.29, 1.82) is 0 Å². The molecule has 1 rings (SSSR count). The van der Waals surface area contributed by atoms with E-state index >= 15 is 0 Å². The maximum Gasteiger partial charge on any atom is 0.220 e. The molecule has 0 spiro atoms. The van der Waals surface area contributed by atoms with Gasteiger partial charge in [-0.3, -0.25) is 4.79 Å². The number of rotatable bonds is 6. The molecule has 0 aliphatic carbocycles. The summed E-state index contributed by atoms with van der Waals surface area (Å²) in [5.41, 5.74) is 0. The van der Waals surface area contributed by atoms with Crippen LogP contribution < -0.4 is 5.32 Å². The highest BCUT2D eigenvalue weighted by Crippen LogP contribution is 2.23. The van der Waals surface area contributed by atoms with Gasteiger partial charge in [0.2, 0.25) is 5.91 Å². The Kier molecular flexibility index (Phi) is 6.84. The van der Waals surface area contributed by atoms with Crippen LogP contribution in [0.1, 0.15) is 26.7 Å². The van der Waals surface area contributed by atoms with Gasteiger partial charge < -0.3 is 30.1 Å². The molecular formula is C13H24NO6. The second kappa shape index (κ2) is 7.90. The summed E-state index contributed by atoms with van der Waals surface area (Å²) in [5, 5.41) is 31.8. The summed E-state index contributed by atoms with van der Waals surface area (Å²) in [4.78, 5) is 11.7. The smallest absolute Gasteiger partial charge is 0.220 e. The molecule has 1 fully saturated rings. The van der Waals surface area contributed by atoms with Crippen LogP contribution in [-0.4, -0.2) is 64.6 Å². The molecule has 0 bridgehead atoms. The molecule has 1 heterocycles. The molecule has 1 radical (unpaired) electrons. The van der Waals surface area contributed by atoms with E-state index in [4.69, 9.17) is 14.6 Å². The van der Waals surface area contributed by atoms with Crippen LogP contribution in [0.2, 0.25) is 0 Å². The maximum absolute atomic E-state index is 11.7. The van der Waals surface area contributed by atoms with Gasteiger partial charge in [-0.15, -0.1) is 0 Å². The molecule has 7 heteroatoms. The number of aliphatic hydroxyl groups is 3. The SMILES string of the molecule is [CH2]C(C)O[C@H]1[C@H](O)[C@@H](CO)O[C@H](O)[C@@H]1NC(=O)CCC. The van der Waals surface area contributed by atoms with Gasteiger partial charge in [-0.05, 0) is 20.3 Å². The molecule has 1 aliphatic rings. The van der Waals surface area contributed by atoms with E-state index in [0.29, 0.717) is 12.8 Å². The van der Waals surface area contributed by atoms with Crippen LogP contribution in [0.5, 0.6) is 0 Å². The molecule has 0 aromatic rings. The highest BCUT2D eigenvalue weighted by atomic mass is 16.6. The molecule has 1 aliphatic heterocycles. The first-order chi connectivity index (χ1) is 9.40. The number of hydrogen-bond acceptors (Lipinski definition) is 6. The molecular weight excluding hydrogens is 266 g/mol. The number of hydrogen-bond donors (Lipinski definition) is 4. The Balaban J connectivity index is 2.83. The fourth-order valence-electron chi connectivity index (χ4n) is 2.15. The monoisotopic (exact) mass is 290 g/mol. The zero-order valence-corrected chi connectivity index (χ0v) is 11.9. The predicted octanol–water partition coefficient (Wildman–Crippen LogP) is -1.05. The minimum absolute atomic E-state index is 0.264. The summed E-state index contributed by atoms with van der Waals surface area (Å²) >= 11 is 0. The van der Waals surface area contributed by atoms with Crippen LogP contribution in [0.3, 0.4) is 0 Å². The van der Waals surface area contributed by atoms with Gasteiger partial charge in [0.1, 0.15) is 24.4 Å². The van der Waals surface area contributed by atoms with Crippen LogP contribution in [0.25, 0.3) is 0 Å². The standard InChI is InChI=1S/C13H24NO6/c1-4-5-9(16)14-10-12(19-7(2)3)11(17)8(6-15)20-13(10)18/h7-8,10-13,15,17-18H,2,4-6H2,1,3H3,(H,14,16)/t7?,8-,10-,11-,12-,13+/m1/s1. The lowest BCUT2D eigenvalue weighted by Crippen LogP contribution is -2.65. The molecule has 4 N–H and O–H groups in total. The Morgan fingerprint density at radius 3 is 2.65 bits per heavy atom. The molecule has 0 aromatic carbocycles. The van der Waals surface area contributed by atoms with E-state index in [1.807, 2.05) is 6.92 Å². The Hall–Kier alpha value is -0.730. The zero-order chi connectivity index (χ0) is 15.3. The second-order valence-corrected chi connectivity index (χ2v) is 4.99. The van der Waals surface area contributed by atoms with Crippen LogP contribution >= 0.6 is 0 Å². The second-order valence-electron chi connectivity index (χ2n) is 4.99. The fourth-order valence-corrected chi connectivity index (χ4v) is 2.15. The fraction of sp³-hybridized carbons (Fsp3) is 0.846. The lowest BCUT2D eigenvalue weighted by atomic mass is 9.96. The Labute approximate surface area is 118 Å². The van der Waals surface area contributed by atoms with Crippen molar-refractivity contribution in [2.75, 3.05) is 6.61 Å². The Bertz CT molecular complexity index is 311. The average molecular weight is 290 g/mol. The number of nitrogens with one attached hydrogen (secondary N) is 1. The Morgan fingerprint density at radius 1 is 1.50 bits per heavy atom. The molecule has 117 valence electrons. The lowest BCUT2D eigenvalue weighted by molar-refractivity contribution is -0.265. The largest absolute Gasteiger partial charge is 0.394 e. The number of aliphatic hydroxyl groups excluding tert-OH is 3. The van der Waals surface area contributed by atoms with Crippen molar-refractivity contribution in [2.45, 2.75) is 63.4 Å². The summed E-state index contributed by atoms with van der Waals surface area (Å²) in [6, 6.07) is -0.906. The quantitative estimate of drug-likeness (QED) is 0.497. The first kappa shape index (κ1) is 17.3. The van der Waals surface area contributed by atoms with Crippen LogP contribution in [0.4, 0.5) is 0 Å². The first-order valence-electron chi connectivity index (χ1n) is 6.81.